The van der Waals surface area contributed by atoms with Crippen LogP contribution in [-0.4, -0.2) is 22.7 Å². The number of carbonyl (C=O) groups is 1. The number of nitrogens with zero attached hydrogens (tertiary/aromatic N) is 3. The molecule has 2 rings (SSSR count). The van der Waals surface area contributed by atoms with Gasteiger partial charge in [0.15, 0.2) is 6.54 Å². The molecular weight excluding hydrogens is 222 g/mol. The molecule has 7 nitrogen and oxygen atoms in total. The van der Waals surface area contributed by atoms with Gasteiger partial charge in [-0.2, -0.15) is 0 Å². The highest BCUT2D eigenvalue weighted by atomic mass is 16.5. The Morgan fingerprint density at radius 2 is 2.47 bits per heavy atom. The van der Waals surface area contributed by atoms with Crippen LogP contribution in [0.15, 0.2) is 35.2 Å². The van der Waals surface area contributed by atoms with Crippen LogP contribution in [0.5, 0.6) is 0 Å². The van der Waals surface area contributed by atoms with Crippen LogP contribution >= 0.6 is 0 Å². The Kier molecular flexibility index (Phi) is 3.29. The summed E-state index contributed by atoms with van der Waals surface area (Å²) in [6.07, 6.45) is 4.68. The molecule has 0 atom stereocenters. The highest BCUT2D eigenvalue weighted by molar-refractivity contribution is 5.93. The SMILES string of the molecule is Nc1c[n+](CCNC(=O)c2cccnc2)no1. The van der Waals surface area contributed by atoms with Crippen LogP contribution in [0, 0.1) is 0 Å². The number of hydrogen-bond acceptors (Lipinski definition) is 5. The monoisotopic (exact) mass is 234 g/mol. The summed E-state index contributed by atoms with van der Waals surface area (Å²) >= 11 is 0. The zero-order valence-electron chi connectivity index (χ0n) is 9.04. The highest BCUT2D eigenvalue weighted by Gasteiger charge is 2.09. The lowest BCUT2D eigenvalue weighted by Gasteiger charge is -2.00. The van der Waals surface area contributed by atoms with E-state index in [0.717, 1.165) is 0 Å². The van der Waals surface area contributed by atoms with Crippen molar-refractivity contribution in [3.63, 3.8) is 0 Å². The molecule has 17 heavy (non-hydrogen) atoms. The maximum atomic E-state index is 11.6. The van der Waals surface area contributed by atoms with E-state index in [0.29, 0.717) is 18.7 Å². The second kappa shape index (κ2) is 5.06. The average molecular weight is 234 g/mol. The number of nitrogens with one attached hydrogen (secondary N) is 1. The summed E-state index contributed by atoms with van der Waals surface area (Å²) in [6, 6.07) is 3.41. The van der Waals surface area contributed by atoms with Crippen LogP contribution in [0.4, 0.5) is 5.88 Å². The molecule has 2 aromatic rings. The Morgan fingerprint density at radius 3 is 3.12 bits per heavy atom. The van der Waals surface area contributed by atoms with Crippen molar-refractivity contribution in [2.75, 3.05) is 12.3 Å². The average Bonchev–Trinajstić information content (AvgIpc) is 2.76. The lowest BCUT2D eigenvalue weighted by atomic mass is 10.3. The standard InChI is InChI=1S/C10H11N5O2/c11-9-7-15(14-17-9)5-4-13-10(16)8-2-1-3-12-6-8/h1-3,6-7H,4-5H2,(H2-,11,13,14,16)/p+1. The zero-order chi connectivity index (χ0) is 12.1. The summed E-state index contributed by atoms with van der Waals surface area (Å²) in [4.78, 5) is 15.5. The molecule has 0 spiro atoms. The van der Waals surface area contributed by atoms with Gasteiger partial charge >= 0.3 is 0 Å². The summed E-state index contributed by atoms with van der Waals surface area (Å²) in [5, 5.41) is 6.37. The minimum absolute atomic E-state index is 0.171. The lowest BCUT2D eigenvalue weighted by molar-refractivity contribution is -0.760. The van der Waals surface area contributed by atoms with Crippen LogP contribution in [0.25, 0.3) is 0 Å². The third-order valence-corrected chi connectivity index (χ3v) is 2.08. The molecule has 0 saturated carbocycles. The maximum Gasteiger partial charge on any atom is 0.293 e. The van der Waals surface area contributed by atoms with Crippen molar-refractivity contribution in [2.24, 2.45) is 0 Å². The van der Waals surface area contributed by atoms with Gasteiger partial charge < -0.3 is 11.1 Å². The number of rotatable bonds is 4. The Morgan fingerprint density at radius 1 is 1.59 bits per heavy atom. The molecule has 0 aliphatic rings. The fraction of sp³-hybridized carbons (Fsp3) is 0.200. The normalized spacial score (nSPS) is 10.1. The van der Waals surface area contributed by atoms with Gasteiger partial charge in [0.1, 0.15) is 0 Å². The van der Waals surface area contributed by atoms with E-state index >= 15 is 0 Å². The van der Waals surface area contributed by atoms with Crippen LogP contribution < -0.4 is 15.7 Å². The summed E-state index contributed by atoms with van der Waals surface area (Å²) in [6.45, 7) is 0.928. The van der Waals surface area contributed by atoms with Gasteiger partial charge in [0, 0.05) is 12.4 Å². The first-order valence-corrected chi connectivity index (χ1v) is 5.06. The molecule has 0 fully saturated rings. The van der Waals surface area contributed by atoms with E-state index in [1.54, 1.807) is 24.5 Å². The number of aromatic nitrogens is 3. The zero-order valence-corrected chi connectivity index (χ0v) is 9.04. The second-order valence-corrected chi connectivity index (χ2v) is 3.37. The maximum absolute atomic E-state index is 11.6. The molecule has 2 heterocycles. The van der Waals surface area contributed by atoms with Gasteiger partial charge in [-0.05, 0) is 16.8 Å². The van der Waals surface area contributed by atoms with Gasteiger partial charge in [0.2, 0.25) is 5.27 Å². The van der Waals surface area contributed by atoms with Gasteiger partial charge in [-0.25, -0.2) is 0 Å². The van der Waals surface area contributed by atoms with Gasteiger partial charge in [0.05, 0.1) is 12.1 Å². The Balaban J connectivity index is 1.81. The third-order valence-electron chi connectivity index (χ3n) is 2.08. The molecule has 0 unspecified atom stereocenters. The first kappa shape index (κ1) is 11.1. The number of hydrogen-bond donors (Lipinski definition) is 2. The molecule has 2 aromatic heterocycles. The van der Waals surface area contributed by atoms with Crippen molar-refractivity contribution in [1.82, 2.24) is 15.6 Å². The van der Waals surface area contributed by atoms with E-state index in [2.05, 4.69) is 20.1 Å². The summed E-state index contributed by atoms with van der Waals surface area (Å²) in [5.74, 6) is 0.0683. The van der Waals surface area contributed by atoms with Crippen molar-refractivity contribution >= 4 is 11.8 Å². The van der Waals surface area contributed by atoms with Crippen LogP contribution in [-0.2, 0) is 6.54 Å². The molecule has 0 aromatic carbocycles. The van der Waals surface area contributed by atoms with Crippen molar-refractivity contribution in [3.05, 3.63) is 36.3 Å². The number of nitrogen functional groups attached to an aromatic ring is 1. The highest BCUT2D eigenvalue weighted by Crippen LogP contribution is 1.94. The molecule has 0 aliphatic heterocycles. The molecule has 0 bridgehead atoms. The van der Waals surface area contributed by atoms with E-state index < -0.39 is 0 Å². The van der Waals surface area contributed by atoms with E-state index in [9.17, 15) is 4.79 Å². The Labute approximate surface area is 97.2 Å². The number of nitrogens with two attached hydrogens (primary N) is 1. The number of anilines is 1. The topological polar surface area (TPSA) is 97.9 Å². The molecule has 0 aliphatic carbocycles. The van der Waals surface area contributed by atoms with Crippen molar-refractivity contribution in [3.8, 4) is 0 Å². The lowest BCUT2D eigenvalue weighted by Crippen LogP contribution is -2.41. The third kappa shape index (κ3) is 3.00. The molecule has 0 radical (unpaired) electrons. The van der Waals surface area contributed by atoms with E-state index in [1.165, 1.54) is 10.9 Å². The van der Waals surface area contributed by atoms with Gasteiger partial charge in [-0.1, -0.05) is 0 Å². The predicted molar refractivity (Wildman–Crippen MR) is 57.7 cm³/mol. The number of pyridine rings is 1. The Hall–Kier alpha value is -2.44. The first-order valence-electron chi connectivity index (χ1n) is 5.06. The molecule has 88 valence electrons. The fourth-order valence-electron chi connectivity index (χ4n) is 1.28. The van der Waals surface area contributed by atoms with Gasteiger partial charge in [0.25, 0.3) is 18.0 Å². The van der Waals surface area contributed by atoms with E-state index in [4.69, 9.17) is 5.73 Å². The van der Waals surface area contributed by atoms with Gasteiger partial charge in [-0.15, -0.1) is 0 Å². The Bertz CT molecular complexity index is 496. The predicted octanol–water partition coefficient (Wildman–Crippen LogP) is -0.631. The van der Waals surface area contributed by atoms with E-state index in [-0.39, 0.29) is 11.8 Å². The van der Waals surface area contributed by atoms with Crippen molar-refractivity contribution in [2.45, 2.75) is 6.54 Å². The minimum Gasteiger partial charge on any atom is -0.362 e. The summed E-state index contributed by atoms with van der Waals surface area (Å²) in [5.41, 5.74) is 5.88. The quantitative estimate of drug-likeness (QED) is 0.686. The summed E-state index contributed by atoms with van der Waals surface area (Å²) < 4.78 is 6.19. The second-order valence-electron chi connectivity index (χ2n) is 3.37. The molecule has 0 saturated heterocycles. The van der Waals surface area contributed by atoms with Crippen molar-refractivity contribution < 1.29 is 14.0 Å². The largest absolute Gasteiger partial charge is 0.362 e. The number of amides is 1. The van der Waals surface area contributed by atoms with E-state index in [1.807, 2.05) is 0 Å². The van der Waals surface area contributed by atoms with Crippen molar-refractivity contribution in [1.29, 1.82) is 0 Å². The molecule has 7 heteroatoms. The van der Waals surface area contributed by atoms with Crippen LogP contribution in [0.2, 0.25) is 0 Å². The van der Waals surface area contributed by atoms with Gasteiger partial charge in [-0.3, -0.25) is 14.3 Å². The minimum atomic E-state index is -0.171. The summed E-state index contributed by atoms with van der Waals surface area (Å²) in [7, 11) is 0. The smallest absolute Gasteiger partial charge is 0.293 e. The van der Waals surface area contributed by atoms with Crippen LogP contribution in [0.1, 0.15) is 10.4 Å². The molecule has 3 N–H and O–H groups in total. The first-order chi connectivity index (χ1) is 8.25. The molecular formula is C10H12N5O2+. The molecule has 1 amide bonds. The number of carbonyl (C=O) groups excluding carboxylic acids is 1. The van der Waals surface area contributed by atoms with Crippen LogP contribution in [0.3, 0.4) is 0 Å². The fourth-order valence-corrected chi connectivity index (χ4v) is 1.28.